The van der Waals surface area contributed by atoms with Gasteiger partial charge in [-0.15, -0.1) is 11.3 Å². The molecule has 1 aromatic heterocycles. The van der Waals surface area contributed by atoms with Crippen LogP contribution in [0.1, 0.15) is 31.7 Å². The lowest BCUT2D eigenvalue weighted by Gasteiger charge is -2.23. The third-order valence-corrected chi connectivity index (χ3v) is 4.31. The molecule has 1 N–H and O–H groups in total. The number of likely N-dealkylation sites (N-methyl/N-ethyl adjacent to an activating group) is 1. The molecule has 0 fully saturated rings. The zero-order valence-electron chi connectivity index (χ0n) is 13.0. The van der Waals surface area contributed by atoms with Crippen molar-refractivity contribution in [1.29, 1.82) is 0 Å². The third-order valence-electron chi connectivity index (χ3n) is 3.34. The number of hydrogen-bond acceptors (Lipinski definition) is 3. The molecule has 0 aliphatic heterocycles. The number of aryl methyl sites for hydroxylation is 2. The SMILES string of the molecule is Cc1cc(C(=O)N[C@@H](CN(C)C)c2ccccc2)c(C)s1. The van der Waals surface area contributed by atoms with Crippen molar-refractivity contribution in [2.45, 2.75) is 19.9 Å². The van der Waals surface area contributed by atoms with E-state index < -0.39 is 0 Å². The van der Waals surface area contributed by atoms with Crippen LogP contribution in [-0.2, 0) is 0 Å². The monoisotopic (exact) mass is 302 g/mol. The van der Waals surface area contributed by atoms with Crippen LogP contribution in [0, 0.1) is 13.8 Å². The van der Waals surface area contributed by atoms with Gasteiger partial charge in [-0.05, 0) is 39.6 Å². The number of benzene rings is 1. The lowest BCUT2D eigenvalue weighted by Crippen LogP contribution is -2.35. The molecule has 0 saturated heterocycles. The summed E-state index contributed by atoms with van der Waals surface area (Å²) in [5, 5.41) is 3.16. The maximum Gasteiger partial charge on any atom is 0.252 e. The molecule has 2 aromatic rings. The minimum Gasteiger partial charge on any atom is -0.344 e. The first-order valence-corrected chi connectivity index (χ1v) is 7.86. The second-order valence-corrected chi connectivity index (χ2v) is 6.99. The van der Waals surface area contributed by atoms with Crippen LogP contribution in [0.25, 0.3) is 0 Å². The van der Waals surface area contributed by atoms with Gasteiger partial charge in [-0.3, -0.25) is 4.79 Å². The van der Waals surface area contributed by atoms with E-state index in [1.165, 1.54) is 4.88 Å². The maximum absolute atomic E-state index is 12.5. The predicted molar refractivity (Wildman–Crippen MR) is 89.0 cm³/mol. The molecule has 0 radical (unpaired) electrons. The molecule has 1 heterocycles. The van der Waals surface area contributed by atoms with E-state index in [9.17, 15) is 4.79 Å². The fourth-order valence-corrected chi connectivity index (χ4v) is 3.30. The topological polar surface area (TPSA) is 32.3 Å². The van der Waals surface area contributed by atoms with Crippen molar-refractivity contribution in [2.75, 3.05) is 20.6 Å². The highest BCUT2D eigenvalue weighted by atomic mass is 32.1. The molecule has 4 heteroatoms. The van der Waals surface area contributed by atoms with Gasteiger partial charge in [0, 0.05) is 16.3 Å². The van der Waals surface area contributed by atoms with Crippen LogP contribution in [0.5, 0.6) is 0 Å². The molecular weight excluding hydrogens is 280 g/mol. The fraction of sp³-hybridized carbons (Fsp3) is 0.353. The number of nitrogens with zero attached hydrogens (tertiary/aromatic N) is 1. The lowest BCUT2D eigenvalue weighted by molar-refractivity contribution is 0.0930. The van der Waals surface area contributed by atoms with Crippen molar-refractivity contribution < 1.29 is 4.79 Å². The predicted octanol–water partition coefficient (Wildman–Crippen LogP) is 3.40. The normalized spacial score (nSPS) is 12.4. The largest absolute Gasteiger partial charge is 0.344 e. The van der Waals surface area contributed by atoms with Gasteiger partial charge in [-0.25, -0.2) is 0 Å². The molecule has 0 spiro atoms. The van der Waals surface area contributed by atoms with Crippen molar-refractivity contribution >= 4 is 17.2 Å². The van der Waals surface area contributed by atoms with Gasteiger partial charge in [0.15, 0.2) is 0 Å². The molecular formula is C17H22N2OS. The Hall–Kier alpha value is -1.65. The zero-order valence-corrected chi connectivity index (χ0v) is 13.8. The van der Waals surface area contributed by atoms with Crippen LogP contribution in [0.4, 0.5) is 0 Å². The quantitative estimate of drug-likeness (QED) is 0.918. The van der Waals surface area contributed by atoms with Crippen molar-refractivity contribution in [3.05, 3.63) is 57.3 Å². The number of carbonyl (C=O) groups is 1. The Morgan fingerprint density at radius 1 is 1.24 bits per heavy atom. The van der Waals surface area contributed by atoms with Gasteiger partial charge in [0.2, 0.25) is 0 Å². The number of nitrogens with one attached hydrogen (secondary N) is 1. The lowest BCUT2D eigenvalue weighted by atomic mass is 10.1. The number of amides is 1. The summed E-state index contributed by atoms with van der Waals surface area (Å²) in [6.45, 7) is 4.80. The van der Waals surface area contributed by atoms with E-state index in [0.29, 0.717) is 0 Å². The van der Waals surface area contributed by atoms with Crippen molar-refractivity contribution in [3.63, 3.8) is 0 Å². The maximum atomic E-state index is 12.5. The van der Waals surface area contributed by atoms with Gasteiger partial charge in [0.05, 0.1) is 11.6 Å². The minimum atomic E-state index is -0.00620. The van der Waals surface area contributed by atoms with Gasteiger partial charge in [0.1, 0.15) is 0 Å². The highest BCUT2D eigenvalue weighted by Gasteiger charge is 2.18. The molecule has 2 rings (SSSR count). The summed E-state index contributed by atoms with van der Waals surface area (Å²) in [7, 11) is 4.03. The average Bonchev–Trinajstić information content (AvgIpc) is 2.77. The molecule has 21 heavy (non-hydrogen) atoms. The Kier molecular flexibility index (Phi) is 5.15. The molecule has 1 amide bonds. The smallest absolute Gasteiger partial charge is 0.252 e. The van der Waals surface area contributed by atoms with E-state index in [2.05, 4.69) is 22.3 Å². The summed E-state index contributed by atoms with van der Waals surface area (Å²) in [4.78, 5) is 16.8. The Labute approximate surface area is 130 Å². The van der Waals surface area contributed by atoms with Crippen LogP contribution in [-0.4, -0.2) is 31.4 Å². The van der Waals surface area contributed by atoms with Crippen molar-refractivity contribution in [1.82, 2.24) is 10.2 Å². The molecule has 0 aliphatic carbocycles. The zero-order chi connectivity index (χ0) is 15.4. The average molecular weight is 302 g/mol. The standard InChI is InChI=1S/C17H22N2OS/c1-12-10-15(13(2)21-12)17(20)18-16(11-19(3)4)14-8-6-5-7-9-14/h5-10,16H,11H2,1-4H3,(H,18,20)/t16-/m0/s1. The number of thiophene rings is 1. The molecule has 0 unspecified atom stereocenters. The molecule has 112 valence electrons. The number of hydrogen-bond donors (Lipinski definition) is 1. The van der Waals surface area contributed by atoms with Crippen LogP contribution in [0.3, 0.4) is 0 Å². The van der Waals surface area contributed by atoms with E-state index in [4.69, 9.17) is 0 Å². The minimum absolute atomic E-state index is 0.00620. The van der Waals surface area contributed by atoms with E-state index in [0.717, 1.165) is 22.5 Å². The van der Waals surface area contributed by atoms with Crippen LogP contribution >= 0.6 is 11.3 Å². The molecule has 0 saturated carbocycles. The van der Waals surface area contributed by atoms with Gasteiger partial charge in [0.25, 0.3) is 5.91 Å². The second kappa shape index (κ2) is 6.87. The van der Waals surface area contributed by atoms with E-state index in [1.807, 2.05) is 52.2 Å². The summed E-state index contributed by atoms with van der Waals surface area (Å²) < 4.78 is 0. The van der Waals surface area contributed by atoms with Gasteiger partial charge >= 0.3 is 0 Å². The van der Waals surface area contributed by atoms with E-state index in [-0.39, 0.29) is 11.9 Å². The molecule has 1 atom stereocenters. The van der Waals surface area contributed by atoms with Crippen LogP contribution < -0.4 is 5.32 Å². The first kappa shape index (κ1) is 15.7. The fourth-order valence-electron chi connectivity index (χ4n) is 2.38. The number of rotatable bonds is 5. The first-order valence-electron chi connectivity index (χ1n) is 7.05. The highest BCUT2D eigenvalue weighted by Crippen LogP contribution is 2.22. The highest BCUT2D eigenvalue weighted by molar-refractivity contribution is 7.12. The van der Waals surface area contributed by atoms with Gasteiger partial charge in [-0.1, -0.05) is 30.3 Å². The Morgan fingerprint density at radius 2 is 1.90 bits per heavy atom. The summed E-state index contributed by atoms with van der Waals surface area (Å²) in [6.07, 6.45) is 0. The summed E-state index contributed by atoms with van der Waals surface area (Å²) in [5.74, 6) is 0.00699. The van der Waals surface area contributed by atoms with Gasteiger partial charge in [-0.2, -0.15) is 0 Å². The first-order chi connectivity index (χ1) is 9.97. The Morgan fingerprint density at radius 3 is 2.43 bits per heavy atom. The molecule has 0 bridgehead atoms. The number of carbonyl (C=O) groups excluding carboxylic acids is 1. The molecule has 1 aromatic carbocycles. The second-order valence-electron chi connectivity index (χ2n) is 5.53. The van der Waals surface area contributed by atoms with Gasteiger partial charge < -0.3 is 10.2 Å². The summed E-state index contributed by atoms with van der Waals surface area (Å²) >= 11 is 1.66. The summed E-state index contributed by atoms with van der Waals surface area (Å²) in [5.41, 5.74) is 1.92. The van der Waals surface area contributed by atoms with Crippen LogP contribution in [0.15, 0.2) is 36.4 Å². The Balaban J connectivity index is 2.19. The molecule has 0 aliphatic rings. The van der Waals surface area contributed by atoms with Crippen molar-refractivity contribution in [3.8, 4) is 0 Å². The van der Waals surface area contributed by atoms with Crippen molar-refractivity contribution in [2.24, 2.45) is 0 Å². The molecule has 3 nitrogen and oxygen atoms in total. The summed E-state index contributed by atoms with van der Waals surface area (Å²) in [6, 6.07) is 12.1. The van der Waals surface area contributed by atoms with E-state index in [1.54, 1.807) is 11.3 Å². The van der Waals surface area contributed by atoms with E-state index >= 15 is 0 Å². The van der Waals surface area contributed by atoms with Crippen LogP contribution in [0.2, 0.25) is 0 Å². The Bertz CT molecular complexity index is 605. The third kappa shape index (κ3) is 4.16.